The highest BCUT2D eigenvalue weighted by atomic mass is 35.5. The maximum atomic E-state index is 8.58. The molecule has 1 atom stereocenters. The van der Waals surface area contributed by atoms with Gasteiger partial charge < -0.3 is 4.74 Å². The van der Waals surface area contributed by atoms with Gasteiger partial charge in [0.15, 0.2) is 5.75 Å². The number of halogens is 3. The van der Waals surface area contributed by atoms with Crippen molar-refractivity contribution in [1.82, 2.24) is 0 Å². The smallest absolute Gasteiger partial charge is 0.156 e. The quantitative estimate of drug-likeness (QED) is 0.820. The van der Waals surface area contributed by atoms with Gasteiger partial charge in [0.1, 0.15) is 6.61 Å². The summed E-state index contributed by atoms with van der Waals surface area (Å²) in [7, 11) is 0. The average Bonchev–Trinajstić information content (AvgIpc) is 2.15. The van der Waals surface area contributed by atoms with Gasteiger partial charge >= 0.3 is 0 Å². The first-order valence-electron chi connectivity index (χ1n) is 4.21. The molecule has 0 saturated heterocycles. The molecule has 5 heteroatoms. The molecule has 0 bridgehead atoms. The van der Waals surface area contributed by atoms with E-state index >= 15 is 0 Å². The van der Waals surface area contributed by atoms with Crippen LogP contribution in [0.25, 0.3) is 0 Å². The van der Waals surface area contributed by atoms with E-state index in [4.69, 9.17) is 44.8 Å². The molecule has 15 heavy (non-hydrogen) atoms. The van der Waals surface area contributed by atoms with Crippen LogP contribution in [0.1, 0.15) is 6.92 Å². The molecule has 80 valence electrons. The van der Waals surface area contributed by atoms with Gasteiger partial charge in [-0.3, -0.25) is 0 Å². The van der Waals surface area contributed by atoms with E-state index in [0.717, 1.165) is 0 Å². The van der Waals surface area contributed by atoms with E-state index < -0.39 is 0 Å². The predicted octanol–water partition coefficient (Wildman–Crippen LogP) is 4.19. The first-order valence-corrected chi connectivity index (χ1v) is 5.35. The van der Waals surface area contributed by atoms with Crippen LogP contribution in [-0.4, -0.2) is 6.61 Å². The van der Waals surface area contributed by atoms with Gasteiger partial charge in [0.25, 0.3) is 0 Å². The molecule has 0 fully saturated rings. The minimum atomic E-state index is -0.215. The Hall–Kier alpha value is -0.620. The predicted molar refractivity (Wildman–Crippen MR) is 61.7 cm³/mol. The zero-order valence-corrected chi connectivity index (χ0v) is 10.2. The second-order valence-corrected chi connectivity index (χ2v) is 4.29. The van der Waals surface area contributed by atoms with Gasteiger partial charge in [-0.15, -0.1) is 0 Å². The first-order chi connectivity index (χ1) is 7.04. The molecule has 0 aliphatic heterocycles. The molecular weight excluding hydrogens is 256 g/mol. The fourth-order valence-corrected chi connectivity index (χ4v) is 1.84. The summed E-state index contributed by atoms with van der Waals surface area (Å²) in [5.41, 5.74) is 0. The maximum Gasteiger partial charge on any atom is 0.156 e. The van der Waals surface area contributed by atoms with E-state index in [1.54, 1.807) is 19.1 Å². The minimum Gasteiger partial charge on any atom is -0.489 e. The second kappa shape index (κ2) is 5.46. The number of ether oxygens (including phenoxy) is 1. The number of nitrogens with zero attached hydrogens (tertiary/aromatic N) is 1. The number of nitriles is 1. The summed E-state index contributed by atoms with van der Waals surface area (Å²) in [6, 6.07) is 5.13. The molecule has 2 nitrogen and oxygen atoms in total. The Morgan fingerprint density at radius 3 is 2.33 bits per heavy atom. The van der Waals surface area contributed by atoms with Gasteiger partial charge in [-0.2, -0.15) is 5.26 Å². The summed E-state index contributed by atoms with van der Waals surface area (Å²) in [6.45, 7) is 2.00. The van der Waals surface area contributed by atoms with Crippen LogP contribution < -0.4 is 4.74 Å². The van der Waals surface area contributed by atoms with Crippen molar-refractivity contribution in [2.45, 2.75) is 6.92 Å². The normalized spacial score (nSPS) is 11.9. The Labute approximate surface area is 103 Å². The molecule has 0 N–H and O–H groups in total. The van der Waals surface area contributed by atoms with Crippen molar-refractivity contribution in [3.8, 4) is 11.8 Å². The Balaban J connectivity index is 2.82. The maximum absolute atomic E-state index is 8.58. The van der Waals surface area contributed by atoms with Gasteiger partial charge in [0, 0.05) is 5.02 Å². The Morgan fingerprint density at radius 1 is 1.33 bits per heavy atom. The van der Waals surface area contributed by atoms with Crippen LogP contribution in [0.3, 0.4) is 0 Å². The lowest BCUT2D eigenvalue weighted by Crippen LogP contribution is -2.06. The molecule has 1 unspecified atom stereocenters. The largest absolute Gasteiger partial charge is 0.489 e. The summed E-state index contributed by atoms with van der Waals surface area (Å²) in [6.07, 6.45) is 0. The monoisotopic (exact) mass is 263 g/mol. The van der Waals surface area contributed by atoms with Crippen LogP contribution in [0.4, 0.5) is 0 Å². The van der Waals surface area contributed by atoms with Crippen molar-refractivity contribution in [3.63, 3.8) is 0 Å². The molecule has 1 aromatic rings. The van der Waals surface area contributed by atoms with Crippen LogP contribution in [0.15, 0.2) is 12.1 Å². The summed E-state index contributed by atoms with van der Waals surface area (Å²) in [5, 5.41) is 9.72. The van der Waals surface area contributed by atoms with Crippen LogP contribution >= 0.6 is 34.8 Å². The van der Waals surface area contributed by atoms with Gasteiger partial charge in [0.05, 0.1) is 22.0 Å². The topological polar surface area (TPSA) is 33.0 Å². The SMILES string of the molecule is CC(C#N)COc1c(Cl)cc(Cl)cc1Cl. The van der Waals surface area contributed by atoms with Gasteiger partial charge in [-0.25, -0.2) is 0 Å². The van der Waals surface area contributed by atoms with Crippen LogP contribution in [-0.2, 0) is 0 Å². The molecular formula is C10H8Cl3NO. The van der Waals surface area contributed by atoms with Crippen molar-refractivity contribution >= 4 is 34.8 Å². The molecule has 0 saturated carbocycles. The van der Waals surface area contributed by atoms with Gasteiger partial charge in [-0.05, 0) is 19.1 Å². The molecule has 0 aliphatic rings. The van der Waals surface area contributed by atoms with E-state index in [1.807, 2.05) is 6.07 Å². The summed E-state index contributed by atoms with van der Waals surface area (Å²) >= 11 is 17.5. The van der Waals surface area contributed by atoms with E-state index in [-0.39, 0.29) is 12.5 Å². The van der Waals surface area contributed by atoms with E-state index in [0.29, 0.717) is 20.8 Å². The third kappa shape index (κ3) is 3.46. The van der Waals surface area contributed by atoms with Crippen molar-refractivity contribution < 1.29 is 4.74 Å². The fraction of sp³-hybridized carbons (Fsp3) is 0.300. The molecule has 0 heterocycles. The van der Waals surface area contributed by atoms with Crippen molar-refractivity contribution in [1.29, 1.82) is 5.26 Å². The lowest BCUT2D eigenvalue weighted by Gasteiger charge is -2.10. The molecule has 0 aliphatic carbocycles. The molecule has 1 rings (SSSR count). The van der Waals surface area contributed by atoms with Crippen molar-refractivity contribution in [3.05, 3.63) is 27.2 Å². The lowest BCUT2D eigenvalue weighted by molar-refractivity contribution is 0.288. The number of rotatable bonds is 3. The highest BCUT2D eigenvalue weighted by Gasteiger charge is 2.10. The summed E-state index contributed by atoms with van der Waals surface area (Å²) < 4.78 is 5.33. The molecule has 0 spiro atoms. The fourth-order valence-electron chi connectivity index (χ4n) is 0.912. The molecule has 0 amide bonds. The van der Waals surface area contributed by atoms with E-state index in [9.17, 15) is 0 Å². The van der Waals surface area contributed by atoms with Crippen molar-refractivity contribution in [2.75, 3.05) is 6.61 Å². The second-order valence-electron chi connectivity index (χ2n) is 3.04. The molecule has 0 radical (unpaired) electrons. The third-order valence-corrected chi connectivity index (χ3v) is 2.44. The van der Waals surface area contributed by atoms with Crippen LogP contribution in [0.5, 0.6) is 5.75 Å². The highest BCUT2D eigenvalue weighted by Crippen LogP contribution is 2.35. The number of hydrogen-bond acceptors (Lipinski definition) is 2. The highest BCUT2D eigenvalue weighted by molar-refractivity contribution is 6.40. The first kappa shape index (κ1) is 12.4. The molecule has 0 aromatic heterocycles. The lowest BCUT2D eigenvalue weighted by atomic mass is 10.2. The van der Waals surface area contributed by atoms with Crippen molar-refractivity contribution in [2.24, 2.45) is 5.92 Å². The van der Waals surface area contributed by atoms with E-state index in [1.165, 1.54) is 0 Å². The number of hydrogen-bond donors (Lipinski definition) is 0. The van der Waals surface area contributed by atoms with E-state index in [2.05, 4.69) is 0 Å². The van der Waals surface area contributed by atoms with Crippen LogP contribution in [0.2, 0.25) is 15.1 Å². The third-order valence-electron chi connectivity index (χ3n) is 1.66. The molecule has 1 aromatic carbocycles. The van der Waals surface area contributed by atoms with Crippen LogP contribution in [0, 0.1) is 17.2 Å². The summed E-state index contributed by atoms with van der Waals surface area (Å²) in [4.78, 5) is 0. The Kier molecular flexibility index (Phi) is 4.53. The number of benzene rings is 1. The Bertz CT molecular complexity index is 377. The van der Waals surface area contributed by atoms with Gasteiger partial charge in [-0.1, -0.05) is 34.8 Å². The standard InChI is InChI=1S/C10H8Cl3NO/c1-6(4-14)5-15-10-8(12)2-7(11)3-9(10)13/h2-3,6H,5H2,1H3. The minimum absolute atomic E-state index is 0.215. The average molecular weight is 265 g/mol. The Morgan fingerprint density at radius 2 is 1.87 bits per heavy atom. The van der Waals surface area contributed by atoms with Gasteiger partial charge in [0.2, 0.25) is 0 Å². The summed E-state index contributed by atoms with van der Waals surface area (Å²) in [5.74, 6) is 0.151. The zero-order chi connectivity index (χ0) is 11.4. The zero-order valence-electron chi connectivity index (χ0n) is 7.93.